The monoisotopic (exact) mass is 374 g/mol. The highest BCUT2D eigenvalue weighted by molar-refractivity contribution is 5.85. The summed E-state index contributed by atoms with van der Waals surface area (Å²) in [5.41, 5.74) is 2.80. The van der Waals surface area contributed by atoms with Gasteiger partial charge in [-0.25, -0.2) is 9.78 Å². The highest BCUT2D eigenvalue weighted by Crippen LogP contribution is 2.27. The highest BCUT2D eigenvalue weighted by atomic mass is 16.5. The van der Waals surface area contributed by atoms with Crippen molar-refractivity contribution in [2.45, 2.75) is 26.2 Å². The molecule has 0 unspecified atom stereocenters. The Morgan fingerprint density at radius 3 is 2.32 bits per heavy atom. The van der Waals surface area contributed by atoms with Crippen LogP contribution in [0.5, 0.6) is 11.5 Å². The number of carbonyl (C=O) groups is 1. The minimum absolute atomic E-state index is 0.0787. The van der Waals surface area contributed by atoms with E-state index in [0.29, 0.717) is 5.69 Å². The van der Waals surface area contributed by atoms with Gasteiger partial charge in [-0.3, -0.25) is 4.98 Å². The fourth-order valence-electron chi connectivity index (χ4n) is 2.56. The minimum Gasteiger partial charge on any atom is -0.476 e. The Kier molecular flexibility index (Phi) is 5.54. The molecule has 5 heteroatoms. The van der Waals surface area contributed by atoms with Crippen LogP contribution < -0.4 is 4.74 Å². The Hall–Kier alpha value is -3.47. The van der Waals surface area contributed by atoms with Crippen LogP contribution in [0.4, 0.5) is 0 Å². The van der Waals surface area contributed by atoms with Gasteiger partial charge in [-0.15, -0.1) is 0 Å². The van der Waals surface area contributed by atoms with Gasteiger partial charge in [0.1, 0.15) is 11.5 Å². The van der Waals surface area contributed by atoms with E-state index in [1.807, 2.05) is 42.5 Å². The average Bonchev–Trinajstić information content (AvgIpc) is 2.67. The zero-order valence-electron chi connectivity index (χ0n) is 16.1. The molecular formula is C23H22N2O3. The molecular weight excluding hydrogens is 352 g/mol. The molecule has 142 valence electrons. The van der Waals surface area contributed by atoms with E-state index in [4.69, 9.17) is 9.84 Å². The van der Waals surface area contributed by atoms with Gasteiger partial charge < -0.3 is 9.84 Å². The van der Waals surface area contributed by atoms with Gasteiger partial charge in [0.2, 0.25) is 0 Å². The van der Waals surface area contributed by atoms with Crippen LogP contribution in [0.2, 0.25) is 0 Å². The van der Waals surface area contributed by atoms with E-state index >= 15 is 0 Å². The largest absolute Gasteiger partial charge is 0.476 e. The molecule has 1 aromatic heterocycles. The molecule has 0 spiro atoms. The standard InChI is InChI=1S/C23H22N2O3/c1-23(2,3)17-8-11-19(12-9-17)28-20-6-4-5-16(13-20)7-10-18-14-25-21(15-24-18)22(26)27/h4-15H,1-3H3,(H,26,27). The molecule has 28 heavy (non-hydrogen) atoms. The van der Waals surface area contributed by atoms with Crippen molar-refractivity contribution in [3.8, 4) is 11.5 Å². The number of carboxylic acids is 1. The van der Waals surface area contributed by atoms with Crippen LogP contribution in [0.25, 0.3) is 12.2 Å². The first-order chi connectivity index (χ1) is 13.3. The number of rotatable bonds is 5. The van der Waals surface area contributed by atoms with E-state index in [1.165, 1.54) is 18.0 Å². The number of benzene rings is 2. The summed E-state index contributed by atoms with van der Waals surface area (Å²) in [5, 5.41) is 8.86. The maximum Gasteiger partial charge on any atom is 0.356 e. The van der Waals surface area contributed by atoms with E-state index in [0.717, 1.165) is 17.1 Å². The Morgan fingerprint density at radius 1 is 0.964 bits per heavy atom. The van der Waals surface area contributed by atoms with Crippen molar-refractivity contribution < 1.29 is 14.6 Å². The fraction of sp³-hybridized carbons (Fsp3) is 0.174. The van der Waals surface area contributed by atoms with Crippen molar-refractivity contribution in [2.24, 2.45) is 0 Å². The number of ether oxygens (including phenoxy) is 1. The van der Waals surface area contributed by atoms with Crippen molar-refractivity contribution in [1.29, 1.82) is 0 Å². The molecule has 0 amide bonds. The third-order valence-electron chi connectivity index (χ3n) is 4.15. The van der Waals surface area contributed by atoms with E-state index in [2.05, 4.69) is 42.9 Å². The van der Waals surface area contributed by atoms with Gasteiger partial charge in [-0.2, -0.15) is 0 Å². The maximum absolute atomic E-state index is 10.8. The molecule has 0 bridgehead atoms. The smallest absolute Gasteiger partial charge is 0.356 e. The number of aromatic nitrogens is 2. The Bertz CT molecular complexity index is 986. The number of hydrogen-bond acceptors (Lipinski definition) is 4. The lowest BCUT2D eigenvalue weighted by Gasteiger charge is -2.19. The molecule has 5 nitrogen and oxygen atoms in total. The molecule has 0 saturated heterocycles. The molecule has 1 heterocycles. The summed E-state index contributed by atoms with van der Waals surface area (Å²) >= 11 is 0. The van der Waals surface area contributed by atoms with Crippen molar-refractivity contribution >= 4 is 18.1 Å². The maximum atomic E-state index is 10.8. The minimum atomic E-state index is -1.09. The van der Waals surface area contributed by atoms with Crippen LogP contribution in [-0.4, -0.2) is 21.0 Å². The summed E-state index contributed by atoms with van der Waals surface area (Å²) in [4.78, 5) is 18.7. The second kappa shape index (κ2) is 8.05. The summed E-state index contributed by atoms with van der Waals surface area (Å²) < 4.78 is 5.95. The summed E-state index contributed by atoms with van der Waals surface area (Å²) in [7, 11) is 0. The van der Waals surface area contributed by atoms with E-state index in [1.54, 1.807) is 6.08 Å². The zero-order valence-corrected chi connectivity index (χ0v) is 16.1. The molecule has 0 saturated carbocycles. The van der Waals surface area contributed by atoms with Gasteiger partial charge in [0.25, 0.3) is 0 Å². The normalized spacial score (nSPS) is 11.5. The third kappa shape index (κ3) is 5.04. The predicted molar refractivity (Wildman–Crippen MR) is 110 cm³/mol. The number of carboxylic acid groups (broad SMARTS) is 1. The molecule has 0 atom stereocenters. The average molecular weight is 374 g/mol. The molecule has 0 aliphatic rings. The number of nitrogens with zero attached hydrogens (tertiary/aromatic N) is 2. The van der Waals surface area contributed by atoms with Crippen LogP contribution in [0, 0.1) is 0 Å². The third-order valence-corrected chi connectivity index (χ3v) is 4.15. The van der Waals surface area contributed by atoms with E-state index in [-0.39, 0.29) is 11.1 Å². The van der Waals surface area contributed by atoms with Crippen LogP contribution >= 0.6 is 0 Å². The van der Waals surface area contributed by atoms with Gasteiger partial charge in [0, 0.05) is 0 Å². The number of hydrogen-bond donors (Lipinski definition) is 1. The molecule has 0 fully saturated rings. The van der Waals surface area contributed by atoms with Gasteiger partial charge in [0.15, 0.2) is 5.69 Å². The summed E-state index contributed by atoms with van der Waals surface area (Å²) in [6.07, 6.45) is 6.32. The van der Waals surface area contributed by atoms with Crippen molar-refractivity contribution in [3.05, 3.63) is 83.4 Å². The van der Waals surface area contributed by atoms with Gasteiger partial charge in [-0.1, -0.05) is 51.1 Å². The summed E-state index contributed by atoms with van der Waals surface area (Å²) in [6.45, 7) is 6.54. The zero-order chi connectivity index (χ0) is 20.1. The topological polar surface area (TPSA) is 72.3 Å². The molecule has 0 aliphatic heterocycles. The lowest BCUT2D eigenvalue weighted by molar-refractivity contribution is 0.0690. The van der Waals surface area contributed by atoms with Gasteiger partial charge in [0.05, 0.1) is 18.1 Å². The van der Waals surface area contributed by atoms with Crippen LogP contribution in [0.3, 0.4) is 0 Å². The quantitative estimate of drug-likeness (QED) is 0.644. The first-order valence-electron chi connectivity index (χ1n) is 8.93. The lowest BCUT2D eigenvalue weighted by Crippen LogP contribution is -2.10. The van der Waals surface area contributed by atoms with Gasteiger partial charge in [-0.05, 0) is 46.9 Å². The first-order valence-corrected chi connectivity index (χ1v) is 8.93. The molecule has 3 rings (SSSR count). The van der Waals surface area contributed by atoms with Gasteiger partial charge >= 0.3 is 5.97 Å². The van der Waals surface area contributed by atoms with Crippen LogP contribution in [-0.2, 0) is 5.41 Å². The molecule has 0 radical (unpaired) electrons. The van der Waals surface area contributed by atoms with Crippen molar-refractivity contribution in [1.82, 2.24) is 9.97 Å². The summed E-state index contributed by atoms with van der Waals surface area (Å²) in [5.74, 6) is 0.422. The van der Waals surface area contributed by atoms with E-state index in [9.17, 15) is 4.79 Å². The Balaban J connectivity index is 1.70. The van der Waals surface area contributed by atoms with E-state index < -0.39 is 5.97 Å². The highest BCUT2D eigenvalue weighted by Gasteiger charge is 2.13. The Labute approximate surface area is 164 Å². The SMILES string of the molecule is CC(C)(C)c1ccc(Oc2cccc(C=Cc3cnc(C(=O)O)cn3)c2)cc1. The predicted octanol–water partition coefficient (Wildman–Crippen LogP) is 5.44. The molecule has 1 N–H and O–H groups in total. The lowest BCUT2D eigenvalue weighted by atomic mass is 9.87. The number of aromatic carboxylic acids is 1. The van der Waals surface area contributed by atoms with Crippen molar-refractivity contribution in [2.75, 3.05) is 0 Å². The molecule has 0 aliphatic carbocycles. The van der Waals surface area contributed by atoms with Crippen molar-refractivity contribution in [3.63, 3.8) is 0 Å². The summed E-state index contributed by atoms with van der Waals surface area (Å²) in [6, 6.07) is 15.8. The second-order valence-corrected chi connectivity index (χ2v) is 7.41. The first kappa shape index (κ1) is 19.3. The van der Waals surface area contributed by atoms with Crippen LogP contribution in [0.1, 0.15) is 48.1 Å². The van der Waals surface area contributed by atoms with Crippen LogP contribution in [0.15, 0.2) is 60.9 Å². The molecule has 2 aromatic carbocycles. The fourth-order valence-corrected chi connectivity index (χ4v) is 2.56. The second-order valence-electron chi connectivity index (χ2n) is 7.41. The molecule has 3 aromatic rings. The Morgan fingerprint density at radius 2 is 1.71 bits per heavy atom.